The molecule has 17 heavy (non-hydrogen) atoms. The van der Waals surface area contributed by atoms with Crippen molar-refractivity contribution in [1.29, 1.82) is 0 Å². The van der Waals surface area contributed by atoms with Gasteiger partial charge in [-0.2, -0.15) is 0 Å². The second-order valence-corrected chi connectivity index (χ2v) is 5.53. The fraction of sp³-hybridized carbons (Fsp3) is 0.0769. The molecule has 0 radical (unpaired) electrons. The first-order chi connectivity index (χ1) is 8.06. The van der Waals surface area contributed by atoms with Gasteiger partial charge in [0.25, 0.3) is 0 Å². The maximum Gasteiger partial charge on any atom is 0.150 e. The lowest BCUT2D eigenvalue weighted by Crippen LogP contribution is -1.93. The summed E-state index contributed by atoms with van der Waals surface area (Å²) < 4.78 is 7.76. The zero-order valence-electron chi connectivity index (χ0n) is 9.21. The minimum absolute atomic E-state index is 0.613. The monoisotopic (exact) mass is 355 g/mol. The van der Waals surface area contributed by atoms with E-state index in [2.05, 4.69) is 31.9 Å². The summed E-state index contributed by atoms with van der Waals surface area (Å²) in [4.78, 5) is 0. The fourth-order valence-corrected chi connectivity index (χ4v) is 2.31. The number of nitrogens with two attached hydrogens (primary N) is 1. The molecular weight excluding hydrogens is 346 g/mol. The number of hydrogen-bond acceptors (Lipinski definition) is 2. The number of halogens is 2. The van der Waals surface area contributed by atoms with E-state index >= 15 is 0 Å². The van der Waals surface area contributed by atoms with Gasteiger partial charge in [0, 0.05) is 8.95 Å². The maximum absolute atomic E-state index is 5.88. The molecule has 88 valence electrons. The Labute approximate surface area is 117 Å². The van der Waals surface area contributed by atoms with Gasteiger partial charge in [-0.3, -0.25) is 0 Å². The Morgan fingerprint density at radius 3 is 2.12 bits per heavy atom. The number of ether oxygens (including phenoxy) is 1. The van der Waals surface area contributed by atoms with Gasteiger partial charge in [-0.1, -0.05) is 31.9 Å². The molecule has 2 aromatic rings. The Kier molecular flexibility index (Phi) is 3.74. The molecule has 0 heterocycles. The van der Waals surface area contributed by atoms with Crippen LogP contribution in [-0.2, 0) is 0 Å². The number of hydrogen-bond donors (Lipinski definition) is 1. The van der Waals surface area contributed by atoms with Crippen molar-refractivity contribution in [3.05, 3.63) is 50.9 Å². The highest BCUT2D eigenvalue weighted by Crippen LogP contribution is 2.32. The minimum atomic E-state index is 0.613. The van der Waals surface area contributed by atoms with Crippen molar-refractivity contribution in [2.24, 2.45) is 0 Å². The molecule has 0 aromatic heterocycles. The maximum atomic E-state index is 5.88. The number of anilines is 1. The number of benzene rings is 2. The van der Waals surface area contributed by atoms with E-state index in [1.807, 2.05) is 43.3 Å². The van der Waals surface area contributed by atoms with Crippen LogP contribution in [0.25, 0.3) is 0 Å². The molecule has 0 spiro atoms. The van der Waals surface area contributed by atoms with Gasteiger partial charge >= 0.3 is 0 Å². The van der Waals surface area contributed by atoms with E-state index in [1.54, 1.807) is 0 Å². The lowest BCUT2D eigenvalue weighted by atomic mass is 10.2. The average molecular weight is 357 g/mol. The average Bonchev–Trinajstić information content (AvgIpc) is 2.25. The number of rotatable bonds is 2. The lowest BCUT2D eigenvalue weighted by molar-refractivity contribution is 0.481. The standard InChI is InChI=1S/C13H11Br2NO/c1-8-6-9(14)2-4-12(8)17-13-5-3-10(15)7-11(13)16/h2-7H,16H2,1H3. The second-order valence-electron chi connectivity index (χ2n) is 3.69. The molecule has 0 fully saturated rings. The molecule has 0 aliphatic carbocycles. The molecule has 0 unspecified atom stereocenters. The normalized spacial score (nSPS) is 10.3. The van der Waals surface area contributed by atoms with Crippen molar-refractivity contribution in [1.82, 2.24) is 0 Å². The van der Waals surface area contributed by atoms with Crippen LogP contribution < -0.4 is 10.5 Å². The molecule has 0 aliphatic heterocycles. The summed E-state index contributed by atoms with van der Waals surface area (Å²) in [6.45, 7) is 2.00. The summed E-state index contributed by atoms with van der Waals surface area (Å²) >= 11 is 6.78. The molecule has 2 aromatic carbocycles. The van der Waals surface area contributed by atoms with E-state index in [1.165, 1.54) is 0 Å². The van der Waals surface area contributed by atoms with E-state index in [9.17, 15) is 0 Å². The van der Waals surface area contributed by atoms with Crippen molar-refractivity contribution < 1.29 is 4.74 Å². The summed E-state index contributed by atoms with van der Waals surface area (Å²) in [7, 11) is 0. The fourth-order valence-electron chi connectivity index (χ4n) is 1.46. The van der Waals surface area contributed by atoms with Crippen LogP contribution in [-0.4, -0.2) is 0 Å². The molecule has 2 nitrogen and oxygen atoms in total. The Balaban J connectivity index is 2.31. The van der Waals surface area contributed by atoms with Crippen molar-refractivity contribution in [2.45, 2.75) is 6.92 Å². The third-order valence-corrected chi connectivity index (χ3v) is 3.32. The van der Waals surface area contributed by atoms with Gasteiger partial charge < -0.3 is 10.5 Å². The highest BCUT2D eigenvalue weighted by atomic mass is 79.9. The van der Waals surface area contributed by atoms with E-state index in [0.717, 1.165) is 20.3 Å². The third kappa shape index (κ3) is 3.01. The van der Waals surface area contributed by atoms with Crippen molar-refractivity contribution in [3.63, 3.8) is 0 Å². The van der Waals surface area contributed by atoms with Gasteiger partial charge in [-0.25, -0.2) is 0 Å². The summed E-state index contributed by atoms with van der Waals surface area (Å²) in [5, 5.41) is 0. The molecule has 4 heteroatoms. The highest BCUT2D eigenvalue weighted by molar-refractivity contribution is 9.10. The van der Waals surface area contributed by atoms with Crippen LogP contribution in [0.4, 0.5) is 5.69 Å². The Bertz CT molecular complexity index is 506. The molecule has 0 saturated heterocycles. The van der Waals surface area contributed by atoms with E-state index < -0.39 is 0 Å². The Morgan fingerprint density at radius 1 is 0.941 bits per heavy atom. The third-order valence-electron chi connectivity index (χ3n) is 2.33. The second kappa shape index (κ2) is 5.10. The van der Waals surface area contributed by atoms with Gasteiger partial charge in [0.2, 0.25) is 0 Å². The van der Waals surface area contributed by atoms with Crippen LogP contribution in [0.15, 0.2) is 45.3 Å². The molecule has 0 aliphatic rings. The molecule has 0 saturated carbocycles. The first-order valence-electron chi connectivity index (χ1n) is 5.05. The molecular formula is C13H11Br2NO. The van der Waals surface area contributed by atoms with Gasteiger partial charge in [0.05, 0.1) is 5.69 Å². The molecule has 2 N–H and O–H groups in total. The van der Waals surface area contributed by atoms with E-state index in [4.69, 9.17) is 10.5 Å². The summed E-state index contributed by atoms with van der Waals surface area (Å²) in [5.74, 6) is 1.47. The zero-order valence-corrected chi connectivity index (χ0v) is 12.4. The van der Waals surface area contributed by atoms with Gasteiger partial charge in [0.15, 0.2) is 0 Å². The predicted molar refractivity (Wildman–Crippen MR) is 77.5 cm³/mol. The predicted octanol–water partition coefficient (Wildman–Crippen LogP) is 4.89. The van der Waals surface area contributed by atoms with Crippen LogP contribution in [0.1, 0.15) is 5.56 Å². The lowest BCUT2D eigenvalue weighted by Gasteiger charge is -2.11. The summed E-state index contributed by atoms with van der Waals surface area (Å²) in [6, 6.07) is 11.4. The molecule has 0 bridgehead atoms. The first-order valence-corrected chi connectivity index (χ1v) is 6.64. The van der Waals surface area contributed by atoms with Crippen molar-refractivity contribution in [3.8, 4) is 11.5 Å². The Hall–Kier alpha value is -1.00. The molecule has 0 atom stereocenters. The SMILES string of the molecule is Cc1cc(Br)ccc1Oc1ccc(Br)cc1N. The first kappa shape index (κ1) is 12.5. The topological polar surface area (TPSA) is 35.2 Å². The number of aryl methyl sites for hydroxylation is 1. The van der Waals surface area contributed by atoms with Gasteiger partial charge in [0.1, 0.15) is 11.5 Å². The van der Waals surface area contributed by atoms with E-state index in [0.29, 0.717) is 11.4 Å². The smallest absolute Gasteiger partial charge is 0.150 e. The summed E-state index contributed by atoms with van der Waals surface area (Å²) in [6.07, 6.45) is 0. The quantitative estimate of drug-likeness (QED) is 0.777. The van der Waals surface area contributed by atoms with Gasteiger partial charge in [-0.05, 0) is 48.9 Å². The number of nitrogen functional groups attached to an aromatic ring is 1. The van der Waals surface area contributed by atoms with E-state index in [-0.39, 0.29) is 0 Å². The van der Waals surface area contributed by atoms with Gasteiger partial charge in [-0.15, -0.1) is 0 Å². The molecule has 2 rings (SSSR count). The Morgan fingerprint density at radius 2 is 1.53 bits per heavy atom. The summed E-state index contributed by atoms with van der Waals surface area (Å²) in [5.41, 5.74) is 7.55. The highest BCUT2D eigenvalue weighted by Gasteiger charge is 2.05. The van der Waals surface area contributed by atoms with Crippen LogP contribution in [0.3, 0.4) is 0 Å². The van der Waals surface area contributed by atoms with Crippen LogP contribution in [0, 0.1) is 6.92 Å². The van der Waals surface area contributed by atoms with Crippen molar-refractivity contribution >= 4 is 37.5 Å². The van der Waals surface area contributed by atoms with Crippen LogP contribution in [0.2, 0.25) is 0 Å². The minimum Gasteiger partial charge on any atom is -0.455 e. The zero-order chi connectivity index (χ0) is 12.4. The molecule has 0 amide bonds. The van der Waals surface area contributed by atoms with Crippen LogP contribution in [0.5, 0.6) is 11.5 Å². The largest absolute Gasteiger partial charge is 0.455 e. The van der Waals surface area contributed by atoms with Crippen molar-refractivity contribution in [2.75, 3.05) is 5.73 Å². The van der Waals surface area contributed by atoms with Crippen LogP contribution >= 0.6 is 31.9 Å².